The molecule has 0 fully saturated rings. The third-order valence-corrected chi connectivity index (χ3v) is 3.31. The maximum Gasteiger partial charge on any atom is 0.251 e. The second-order valence-electron chi connectivity index (χ2n) is 5.08. The Morgan fingerprint density at radius 1 is 1.23 bits per heavy atom. The van der Waals surface area contributed by atoms with Crippen molar-refractivity contribution >= 4 is 11.6 Å². The van der Waals surface area contributed by atoms with Crippen LogP contribution in [0, 0.1) is 5.82 Å². The van der Waals surface area contributed by atoms with Gasteiger partial charge in [0, 0.05) is 37.5 Å². The zero-order chi connectivity index (χ0) is 16.1. The van der Waals surface area contributed by atoms with Crippen LogP contribution in [-0.2, 0) is 6.54 Å². The molecule has 0 radical (unpaired) electrons. The second-order valence-corrected chi connectivity index (χ2v) is 5.08. The van der Waals surface area contributed by atoms with Gasteiger partial charge in [-0.1, -0.05) is 6.07 Å². The zero-order valence-corrected chi connectivity index (χ0v) is 12.9. The maximum atomic E-state index is 13.3. The highest BCUT2D eigenvalue weighted by molar-refractivity contribution is 5.95. The first-order valence-corrected chi connectivity index (χ1v) is 6.89. The molecule has 0 bridgehead atoms. The van der Waals surface area contributed by atoms with Gasteiger partial charge in [0.15, 0.2) is 0 Å². The number of carbonyl (C=O) groups is 1. The number of ether oxygens (including phenoxy) is 1. The first kappa shape index (κ1) is 15.8. The van der Waals surface area contributed by atoms with E-state index in [9.17, 15) is 9.18 Å². The van der Waals surface area contributed by atoms with Gasteiger partial charge >= 0.3 is 0 Å². The molecule has 0 unspecified atom stereocenters. The normalized spacial score (nSPS) is 10.2. The summed E-state index contributed by atoms with van der Waals surface area (Å²) >= 11 is 0. The Morgan fingerprint density at radius 3 is 2.68 bits per heavy atom. The van der Waals surface area contributed by atoms with Crippen molar-refractivity contribution in [2.75, 3.05) is 26.1 Å². The Hall–Kier alpha value is -2.56. The largest absolute Gasteiger partial charge is 0.496 e. The van der Waals surface area contributed by atoms with Crippen molar-refractivity contribution in [2.24, 2.45) is 0 Å². The van der Waals surface area contributed by atoms with Crippen LogP contribution < -0.4 is 15.0 Å². The summed E-state index contributed by atoms with van der Waals surface area (Å²) in [7, 11) is 5.34. The number of amides is 1. The van der Waals surface area contributed by atoms with Gasteiger partial charge in [0.1, 0.15) is 11.6 Å². The highest BCUT2D eigenvalue weighted by Gasteiger charge is 2.09. The van der Waals surface area contributed by atoms with Gasteiger partial charge in [0.2, 0.25) is 0 Å². The third-order valence-electron chi connectivity index (χ3n) is 3.31. The van der Waals surface area contributed by atoms with E-state index in [1.165, 1.54) is 19.2 Å². The van der Waals surface area contributed by atoms with Crippen LogP contribution in [0.3, 0.4) is 0 Å². The maximum absolute atomic E-state index is 13.3. The first-order valence-electron chi connectivity index (χ1n) is 6.89. The molecule has 0 aliphatic rings. The predicted molar refractivity (Wildman–Crippen MR) is 84.9 cm³/mol. The van der Waals surface area contributed by atoms with Gasteiger partial charge in [-0.05, 0) is 36.4 Å². The van der Waals surface area contributed by atoms with Gasteiger partial charge < -0.3 is 15.0 Å². The summed E-state index contributed by atoms with van der Waals surface area (Å²) in [6.07, 6.45) is 0. The number of anilines is 1. The molecular weight excluding hydrogens is 283 g/mol. The van der Waals surface area contributed by atoms with E-state index in [0.717, 1.165) is 5.69 Å². The molecule has 2 aromatic carbocycles. The summed E-state index contributed by atoms with van der Waals surface area (Å²) in [5, 5.41) is 2.78. The molecule has 0 aliphatic carbocycles. The Morgan fingerprint density at radius 2 is 2.00 bits per heavy atom. The standard InChI is InChI=1S/C17H19FN2O2/c1-20(2)15-6-4-5-12(10-15)17(21)19-11-13-9-14(18)7-8-16(13)22-3/h4-10H,11H2,1-3H3,(H,19,21). The molecule has 116 valence electrons. The summed E-state index contributed by atoms with van der Waals surface area (Å²) < 4.78 is 18.5. The van der Waals surface area contributed by atoms with Crippen LogP contribution in [0.15, 0.2) is 42.5 Å². The fraction of sp³-hybridized carbons (Fsp3) is 0.235. The molecule has 0 aliphatic heterocycles. The molecule has 2 rings (SSSR count). The minimum atomic E-state index is -0.361. The number of methoxy groups -OCH3 is 1. The van der Waals surface area contributed by atoms with Crippen LogP contribution in [0.1, 0.15) is 15.9 Å². The van der Waals surface area contributed by atoms with Crippen LogP contribution in [0.25, 0.3) is 0 Å². The van der Waals surface area contributed by atoms with Crippen molar-refractivity contribution < 1.29 is 13.9 Å². The number of rotatable bonds is 5. The minimum Gasteiger partial charge on any atom is -0.496 e. The Balaban J connectivity index is 2.10. The average molecular weight is 302 g/mol. The number of benzene rings is 2. The highest BCUT2D eigenvalue weighted by atomic mass is 19.1. The average Bonchev–Trinajstić information content (AvgIpc) is 2.52. The van der Waals surface area contributed by atoms with Crippen molar-refractivity contribution in [2.45, 2.75) is 6.54 Å². The van der Waals surface area contributed by atoms with Crippen molar-refractivity contribution in [1.29, 1.82) is 0 Å². The molecule has 0 spiro atoms. The zero-order valence-electron chi connectivity index (χ0n) is 12.9. The predicted octanol–water partition coefficient (Wildman–Crippen LogP) is 2.83. The number of hydrogen-bond acceptors (Lipinski definition) is 3. The molecule has 2 aromatic rings. The number of carbonyl (C=O) groups excluding carboxylic acids is 1. The van der Waals surface area contributed by atoms with Crippen molar-refractivity contribution in [3.8, 4) is 5.75 Å². The van der Waals surface area contributed by atoms with Gasteiger partial charge in [-0.25, -0.2) is 4.39 Å². The number of halogens is 1. The number of nitrogens with zero attached hydrogens (tertiary/aromatic N) is 1. The molecule has 0 heterocycles. The molecule has 4 nitrogen and oxygen atoms in total. The lowest BCUT2D eigenvalue weighted by Gasteiger charge is -2.14. The molecular formula is C17H19FN2O2. The molecule has 22 heavy (non-hydrogen) atoms. The Labute approximate surface area is 129 Å². The van der Waals surface area contributed by atoms with Gasteiger partial charge in [0.05, 0.1) is 7.11 Å². The van der Waals surface area contributed by atoms with E-state index in [-0.39, 0.29) is 18.3 Å². The molecule has 1 N–H and O–H groups in total. The summed E-state index contributed by atoms with van der Waals surface area (Å²) in [5.41, 5.74) is 2.09. The summed E-state index contributed by atoms with van der Waals surface area (Å²) in [6.45, 7) is 0.200. The van der Waals surface area contributed by atoms with Crippen molar-refractivity contribution in [3.05, 3.63) is 59.4 Å². The van der Waals surface area contributed by atoms with E-state index in [2.05, 4.69) is 5.32 Å². The van der Waals surface area contributed by atoms with Gasteiger partial charge in [0.25, 0.3) is 5.91 Å². The van der Waals surface area contributed by atoms with E-state index in [4.69, 9.17) is 4.74 Å². The van der Waals surface area contributed by atoms with Crippen LogP contribution in [-0.4, -0.2) is 27.1 Å². The van der Waals surface area contributed by atoms with Gasteiger partial charge in [-0.2, -0.15) is 0 Å². The van der Waals surface area contributed by atoms with Crippen LogP contribution in [0.5, 0.6) is 5.75 Å². The highest BCUT2D eigenvalue weighted by Crippen LogP contribution is 2.19. The lowest BCUT2D eigenvalue weighted by molar-refractivity contribution is 0.0950. The monoisotopic (exact) mass is 302 g/mol. The first-order chi connectivity index (χ1) is 10.5. The second kappa shape index (κ2) is 6.93. The smallest absolute Gasteiger partial charge is 0.251 e. The third kappa shape index (κ3) is 3.75. The van der Waals surface area contributed by atoms with Crippen LogP contribution in [0.2, 0.25) is 0 Å². The molecule has 0 atom stereocenters. The molecule has 0 saturated carbocycles. The topological polar surface area (TPSA) is 41.6 Å². The van der Waals surface area contributed by atoms with Gasteiger partial charge in [-0.15, -0.1) is 0 Å². The van der Waals surface area contributed by atoms with Crippen LogP contribution in [0.4, 0.5) is 10.1 Å². The van der Waals surface area contributed by atoms with Crippen molar-refractivity contribution in [3.63, 3.8) is 0 Å². The fourth-order valence-electron chi connectivity index (χ4n) is 2.09. The molecule has 0 aromatic heterocycles. The number of hydrogen-bond donors (Lipinski definition) is 1. The van der Waals surface area contributed by atoms with Crippen LogP contribution >= 0.6 is 0 Å². The SMILES string of the molecule is COc1ccc(F)cc1CNC(=O)c1cccc(N(C)C)c1. The quantitative estimate of drug-likeness (QED) is 0.923. The lowest BCUT2D eigenvalue weighted by Crippen LogP contribution is -2.23. The summed E-state index contributed by atoms with van der Waals surface area (Å²) in [4.78, 5) is 14.1. The minimum absolute atomic E-state index is 0.200. The Bertz CT molecular complexity index is 671. The van der Waals surface area contributed by atoms with Crippen molar-refractivity contribution in [1.82, 2.24) is 5.32 Å². The summed E-state index contributed by atoms with van der Waals surface area (Å²) in [6, 6.07) is 11.5. The Kier molecular flexibility index (Phi) is 4.99. The molecule has 1 amide bonds. The van der Waals surface area contributed by atoms with Gasteiger partial charge in [-0.3, -0.25) is 4.79 Å². The van der Waals surface area contributed by atoms with E-state index in [1.54, 1.807) is 18.2 Å². The lowest BCUT2D eigenvalue weighted by atomic mass is 10.1. The van der Waals surface area contributed by atoms with E-state index >= 15 is 0 Å². The van der Waals surface area contributed by atoms with E-state index in [1.807, 2.05) is 31.1 Å². The fourth-order valence-corrected chi connectivity index (χ4v) is 2.09. The summed E-state index contributed by atoms with van der Waals surface area (Å²) in [5.74, 6) is -0.0292. The van der Waals surface area contributed by atoms with E-state index in [0.29, 0.717) is 16.9 Å². The molecule has 5 heteroatoms. The molecule has 0 saturated heterocycles. The number of nitrogens with one attached hydrogen (secondary N) is 1. The van der Waals surface area contributed by atoms with E-state index < -0.39 is 0 Å².